The van der Waals surface area contributed by atoms with Crippen molar-refractivity contribution in [1.29, 1.82) is 0 Å². The Balaban J connectivity index is 3.97. The molecule has 0 spiro atoms. The number of hydrogen-bond acceptors (Lipinski definition) is 3. The van der Waals surface area contributed by atoms with Gasteiger partial charge in [-0.3, -0.25) is 9.59 Å². The van der Waals surface area contributed by atoms with Gasteiger partial charge in [0, 0.05) is 13.1 Å². The normalized spacial score (nSPS) is 12.6. The van der Waals surface area contributed by atoms with Crippen molar-refractivity contribution in [3.63, 3.8) is 0 Å². The van der Waals surface area contributed by atoms with Crippen molar-refractivity contribution in [2.75, 3.05) is 13.1 Å². The molecule has 3 N–H and O–H groups in total. The molecule has 0 aromatic rings. The second-order valence-electron chi connectivity index (χ2n) is 3.40. The van der Waals surface area contributed by atoms with E-state index in [2.05, 4.69) is 0 Å². The molecule has 5 nitrogen and oxygen atoms in total. The average molecular weight is 188 g/mol. The van der Waals surface area contributed by atoms with Crippen LogP contribution in [0, 0.1) is 5.92 Å². The van der Waals surface area contributed by atoms with Crippen LogP contribution in [0.4, 0.5) is 0 Å². The molecule has 0 aliphatic carbocycles. The summed E-state index contributed by atoms with van der Waals surface area (Å²) in [5.74, 6) is -0.776. The molecule has 0 bridgehead atoms. The molecule has 0 saturated carbocycles. The fourth-order valence-corrected chi connectivity index (χ4v) is 0.960. The minimum absolute atomic E-state index is 0.0665. The lowest BCUT2D eigenvalue weighted by molar-refractivity contribution is -0.139. The highest BCUT2D eigenvalue weighted by atomic mass is 16.4. The summed E-state index contributed by atoms with van der Waals surface area (Å²) in [5, 5.41) is 8.49. The van der Waals surface area contributed by atoms with Crippen molar-refractivity contribution in [2.24, 2.45) is 11.7 Å². The van der Waals surface area contributed by atoms with E-state index in [1.54, 1.807) is 0 Å². The van der Waals surface area contributed by atoms with Crippen LogP contribution in [0.15, 0.2) is 0 Å². The lowest BCUT2D eigenvalue weighted by atomic mass is 10.2. The van der Waals surface area contributed by atoms with Gasteiger partial charge in [-0.2, -0.15) is 0 Å². The Morgan fingerprint density at radius 3 is 2.38 bits per heavy atom. The zero-order chi connectivity index (χ0) is 10.4. The minimum Gasteiger partial charge on any atom is -0.480 e. The van der Waals surface area contributed by atoms with Gasteiger partial charge in [0.25, 0.3) is 0 Å². The van der Waals surface area contributed by atoms with Gasteiger partial charge in [-0.05, 0) is 5.92 Å². The molecular formula is C8H16N2O3. The van der Waals surface area contributed by atoms with E-state index in [1.807, 2.05) is 13.8 Å². The first kappa shape index (κ1) is 11.9. The summed E-state index contributed by atoms with van der Waals surface area (Å²) in [4.78, 5) is 22.2. The predicted octanol–water partition coefficient (Wildman–Crippen LogP) is -0.487. The molecule has 0 aromatic heterocycles. The summed E-state index contributed by atoms with van der Waals surface area (Å²) >= 11 is 0. The van der Waals surface area contributed by atoms with E-state index < -0.39 is 12.0 Å². The van der Waals surface area contributed by atoms with Crippen molar-refractivity contribution in [3.8, 4) is 0 Å². The second kappa shape index (κ2) is 5.53. The highest BCUT2D eigenvalue weighted by Crippen LogP contribution is 1.96. The van der Waals surface area contributed by atoms with E-state index in [4.69, 9.17) is 10.8 Å². The first-order valence-electron chi connectivity index (χ1n) is 4.15. The van der Waals surface area contributed by atoms with Crippen LogP contribution in [-0.4, -0.2) is 41.5 Å². The van der Waals surface area contributed by atoms with Gasteiger partial charge in [-0.15, -0.1) is 0 Å². The Labute approximate surface area is 77.5 Å². The monoisotopic (exact) mass is 188 g/mol. The number of amides is 1. The average Bonchev–Trinajstić information content (AvgIpc) is 2.02. The maximum absolute atomic E-state index is 10.5. The van der Waals surface area contributed by atoms with Crippen molar-refractivity contribution < 1.29 is 14.7 Å². The number of rotatable bonds is 6. The molecule has 0 heterocycles. The summed E-state index contributed by atoms with van der Waals surface area (Å²) in [5.41, 5.74) is 5.27. The van der Waals surface area contributed by atoms with Crippen LogP contribution in [0.3, 0.4) is 0 Å². The third-order valence-corrected chi connectivity index (χ3v) is 1.50. The van der Waals surface area contributed by atoms with E-state index >= 15 is 0 Å². The zero-order valence-electron chi connectivity index (χ0n) is 7.93. The van der Waals surface area contributed by atoms with Gasteiger partial charge >= 0.3 is 5.97 Å². The van der Waals surface area contributed by atoms with Crippen LogP contribution in [-0.2, 0) is 9.59 Å². The standard InChI is InChI=1S/C8H16N2O3/c1-6(2)3-10(5-11)4-7(9)8(12)13/h5-7H,3-4,9H2,1-2H3,(H,12,13). The third kappa shape index (κ3) is 5.19. The van der Waals surface area contributed by atoms with Gasteiger partial charge in [-0.25, -0.2) is 0 Å². The SMILES string of the molecule is CC(C)CN(C=O)CC(N)C(=O)O. The summed E-state index contributed by atoms with van der Waals surface area (Å²) in [7, 11) is 0. The van der Waals surface area contributed by atoms with Crippen LogP contribution in [0.25, 0.3) is 0 Å². The van der Waals surface area contributed by atoms with E-state index in [0.29, 0.717) is 18.9 Å². The van der Waals surface area contributed by atoms with E-state index in [1.165, 1.54) is 4.90 Å². The number of nitrogens with two attached hydrogens (primary N) is 1. The Kier molecular flexibility index (Phi) is 5.06. The highest BCUT2D eigenvalue weighted by Gasteiger charge is 2.15. The minimum atomic E-state index is -1.09. The summed E-state index contributed by atoms with van der Waals surface area (Å²) in [6.07, 6.45) is 0.628. The van der Waals surface area contributed by atoms with Gasteiger partial charge < -0.3 is 15.7 Å². The molecule has 76 valence electrons. The molecule has 0 aromatic carbocycles. The smallest absolute Gasteiger partial charge is 0.322 e. The Morgan fingerprint density at radius 2 is 2.08 bits per heavy atom. The maximum atomic E-state index is 10.5. The summed E-state index contributed by atoms with van der Waals surface area (Å²) in [6, 6.07) is -0.996. The number of carboxylic acids is 1. The second-order valence-corrected chi connectivity index (χ2v) is 3.40. The number of nitrogens with zero attached hydrogens (tertiary/aromatic N) is 1. The molecule has 1 atom stereocenters. The molecule has 0 saturated heterocycles. The molecule has 13 heavy (non-hydrogen) atoms. The van der Waals surface area contributed by atoms with E-state index in [0.717, 1.165) is 0 Å². The van der Waals surface area contributed by atoms with Gasteiger partial charge in [0.2, 0.25) is 6.41 Å². The molecule has 0 aliphatic rings. The summed E-state index contributed by atoms with van der Waals surface area (Å²) in [6.45, 7) is 4.49. The molecule has 0 aliphatic heterocycles. The first-order chi connectivity index (χ1) is 5.97. The fraction of sp³-hybridized carbons (Fsp3) is 0.750. The third-order valence-electron chi connectivity index (χ3n) is 1.50. The van der Waals surface area contributed by atoms with Gasteiger partial charge in [0.1, 0.15) is 6.04 Å². The van der Waals surface area contributed by atoms with Crippen molar-refractivity contribution in [1.82, 2.24) is 4.90 Å². The number of aliphatic carboxylic acids is 1. The van der Waals surface area contributed by atoms with Gasteiger partial charge in [0.05, 0.1) is 0 Å². The van der Waals surface area contributed by atoms with Crippen molar-refractivity contribution in [3.05, 3.63) is 0 Å². The molecule has 1 unspecified atom stereocenters. The van der Waals surface area contributed by atoms with Crippen LogP contribution in [0.2, 0.25) is 0 Å². The van der Waals surface area contributed by atoms with Crippen molar-refractivity contribution in [2.45, 2.75) is 19.9 Å². The van der Waals surface area contributed by atoms with Crippen LogP contribution < -0.4 is 5.73 Å². The Morgan fingerprint density at radius 1 is 1.54 bits per heavy atom. The predicted molar refractivity (Wildman–Crippen MR) is 48.1 cm³/mol. The van der Waals surface area contributed by atoms with Gasteiger partial charge in [0.15, 0.2) is 0 Å². The van der Waals surface area contributed by atoms with Crippen LogP contribution in [0.1, 0.15) is 13.8 Å². The first-order valence-corrected chi connectivity index (χ1v) is 4.15. The lowest BCUT2D eigenvalue weighted by Gasteiger charge is -2.21. The van der Waals surface area contributed by atoms with Crippen molar-refractivity contribution >= 4 is 12.4 Å². The highest BCUT2D eigenvalue weighted by molar-refractivity contribution is 5.73. The number of carboxylic acid groups (broad SMARTS) is 1. The summed E-state index contributed by atoms with van der Waals surface area (Å²) < 4.78 is 0. The molecule has 0 radical (unpaired) electrons. The lowest BCUT2D eigenvalue weighted by Crippen LogP contribution is -2.43. The largest absolute Gasteiger partial charge is 0.480 e. The van der Waals surface area contributed by atoms with Crippen LogP contribution >= 0.6 is 0 Å². The maximum Gasteiger partial charge on any atom is 0.322 e. The molecule has 0 fully saturated rings. The Bertz CT molecular complexity index is 182. The van der Waals surface area contributed by atoms with Gasteiger partial charge in [-0.1, -0.05) is 13.8 Å². The van der Waals surface area contributed by atoms with E-state index in [-0.39, 0.29) is 6.54 Å². The molecule has 1 amide bonds. The molecular weight excluding hydrogens is 172 g/mol. The topological polar surface area (TPSA) is 83.6 Å². The number of carbonyl (C=O) groups excluding carboxylic acids is 1. The number of carbonyl (C=O) groups is 2. The fourth-order valence-electron chi connectivity index (χ4n) is 0.960. The quantitative estimate of drug-likeness (QED) is 0.551. The number of hydrogen-bond donors (Lipinski definition) is 2. The molecule has 5 heteroatoms. The molecule has 0 rings (SSSR count). The van der Waals surface area contributed by atoms with Crippen LogP contribution in [0.5, 0.6) is 0 Å². The Hall–Kier alpha value is -1.10. The van der Waals surface area contributed by atoms with E-state index in [9.17, 15) is 9.59 Å². The zero-order valence-corrected chi connectivity index (χ0v) is 7.93.